The molecule has 0 fully saturated rings. The number of amides is 1. The number of nitrogens with one attached hydrogen (secondary N) is 1. The molecule has 0 saturated carbocycles. The fourth-order valence-electron chi connectivity index (χ4n) is 2.05. The molecule has 0 spiro atoms. The quantitative estimate of drug-likeness (QED) is 0.827. The Morgan fingerprint density at radius 1 is 1.14 bits per heavy atom. The molecule has 0 aromatic heterocycles. The van der Waals surface area contributed by atoms with Gasteiger partial charge in [-0.1, -0.05) is 18.2 Å². The molecule has 0 bridgehead atoms. The average molecular weight is 321 g/mol. The van der Waals surface area contributed by atoms with Gasteiger partial charge >= 0.3 is 0 Å². The molecule has 1 amide bonds. The van der Waals surface area contributed by atoms with Crippen LogP contribution in [0.2, 0.25) is 0 Å². The Morgan fingerprint density at radius 2 is 1.77 bits per heavy atom. The van der Waals surface area contributed by atoms with Crippen molar-refractivity contribution in [2.75, 3.05) is 5.32 Å². The highest BCUT2D eigenvalue weighted by atomic mass is 32.2. The maximum atomic E-state index is 13.6. The number of rotatable bonds is 4. The highest BCUT2D eigenvalue weighted by molar-refractivity contribution is 8.00. The molecule has 22 heavy (non-hydrogen) atoms. The summed E-state index contributed by atoms with van der Waals surface area (Å²) in [5.41, 5.74) is 2.72. The number of aryl methyl sites for hydroxylation is 2. The normalized spacial score (nSPS) is 12.0. The Labute approximate surface area is 132 Å². The third-order valence-electron chi connectivity index (χ3n) is 3.30. The fraction of sp³-hybridized carbons (Fsp3) is 0.235. The molecule has 0 aliphatic carbocycles. The lowest BCUT2D eigenvalue weighted by atomic mass is 10.1. The highest BCUT2D eigenvalue weighted by Crippen LogP contribution is 2.28. The summed E-state index contributed by atoms with van der Waals surface area (Å²) in [6.07, 6.45) is 0. The SMILES string of the molecule is Cc1cccc(C)c1NC(=O)[C@@H](C)Sc1ccc(F)cc1F. The van der Waals surface area contributed by atoms with Crippen molar-refractivity contribution < 1.29 is 13.6 Å². The molecule has 2 aromatic rings. The fourth-order valence-corrected chi connectivity index (χ4v) is 2.92. The van der Waals surface area contributed by atoms with Crippen LogP contribution in [-0.2, 0) is 4.79 Å². The van der Waals surface area contributed by atoms with Crippen LogP contribution in [0.4, 0.5) is 14.5 Å². The number of anilines is 1. The summed E-state index contributed by atoms with van der Waals surface area (Å²) in [5.74, 6) is -1.50. The van der Waals surface area contributed by atoms with Gasteiger partial charge in [-0.2, -0.15) is 0 Å². The van der Waals surface area contributed by atoms with E-state index >= 15 is 0 Å². The number of benzene rings is 2. The molecule has 2 aromatic carbocycles. The Hall–Kier alpha value is -1.88. The summed E-state index contributed by atoms with van der Waals surface area (Å²) in [4.78, 5) is 12.5. The van der Waals surface area contributed by atoms with E-state index in [0.717, 1.165) is 34.6 Å². The van der Waals surface area contributed by atoms with Crippen molar-refractivity contribution in [2.45, 2.75) is 30.9 Å². The van der Waals surface area contributed by atoms with Gasteiger partial charge in [0.05, 0.1) is 5.25 Å². The van der Waals surface area contributed by atoms with Crippen molar-refractivity contribution in [3.8, 4) is 0 Å². The Morgan fingerprint density at radius 3 is 2.36 bits per heavy atom. The number of thioether (sulfide) groups is 1. The minimum absolute atomic E-state index is 0.217. The average Bonchev–Trinajstić information content (AvgIpc) is 2.45. The smallest absolute Gasteiger partial charge is 0.237 e. The third-order valence-corrected chi connectivity index (χ3v) is 4.45. The number of para-hydroxylation sites is 1. The standard InChI is InChI=1S/C17H17F2NOS/c1-10-5-4-6-11(2)16(10)20-17(21)12(3)22-15-8-7-13(18)9-14(15)19/h4-9,12H,1-3H3,(H,20,21)/t12-/m1/s1. The predicted molar refractivity (Wildman–Crippen MR) is 86.2 cm³/mol. The van der Waals surface area contributed by atoms with Crippen LogP contribution in [-0.4, -0.2) is 11.2 Å². The molecule has 2 rings (SSSR count). The zero-order valence-electron chi connectivity index (χ0n) is 12.6. The van der Waals surface area contributed by atoms with Crippen LogP contribution < -0.4 is 5.32 Å². The van der Waals surface area contributed by atoms with E-state index in [1.165, 1.54) is 12.1 Å². The van der Waals surface area contributed by atoms with E-state index in [2.05, 4.69) is 5.32 Å². The van der Waals surface area contributed by atoms with E-state index in [0.29, 0.717) is 0 Å². The van der Waals surface area contributed by atoms with Gasteiger partial charge in [-0.3, -0.25) is 4.79 Å². The Balaban J connectivity index is 2.09. The second-order valence-corrected chi connectivity index (χ2v) is 6.47. The molecule has 0 radical (unpaired) electrons. The second kappa shape index (κ2) is 6.92. The minimum Gasteiger partial charge on any atom is -0.325 e. The largest absolute Gasteiger partial charge is 0.325 e. The molecule has 0 unspecified atom stereocenters. The third kappa shape index (κ3) is 3.85. The van der Waals surface area contributed by atoms with E-state index in [9.17, 15) is 13.6 Å². The van der Waals surface area contributed by atoms with Crippen molar-refractivity contribution >= 4 is 23.4 Å². The molecule has 1 N–H and O–H groups in total. The number of carbonyl (C=O) groups excluding carboxylic acids is 1. The molecule has 1 atom stereocenters. The number of hydrogen-bond acceptors (Lipinski definition) is 2. The van der Waals surface area contributed by atoms with Crippen molar-refractivity contribution in [1.82, 2.24) is 0 Å². The maximum absolute atomic E-state index is 13.6. The molecule has 5 heteroatoms. The first-order valence-corrected chi connectivity index (χ1v) is 7.75. The predicted octanol–water partition coefficient (Wildman–Crippen LogP) is 4.70. The van der Waals surface area contributed by atoms with E-state index in [-0.39, 0.29) is 10.8 Å². The van der Waals surface area contributed by atoms with Crippen molar-refractivity contribution in [3.05, 3.63) is 59.2 Å². The first-order valence-electron chi connectivity index (χ1n) is 6.87. The van der Waals surface area contributed by atoms with Gasteiger partial charge in [0.25, 0.3) is 0 Å². The summed E-state index contributed by atoms with van der Waals surface area (Å²) in [6.45, 7) is 5.52. The van der Waals surface area contributed by atoms with Gasteiger partial charge < -0.3 is 5.32 Å². The minimum atomic E-state index is -0.656. The maximum Gasteiger partial charge on any atom is 0.237 e. The number of hydrogen-bond donors (Lipinski definition) is 1. The van der Waals surface area contributed by atoms with Crippen LogP contribution in [0.5, 0.6) is 0 Å². The van der Waals surface area contributed by atoms with Gasteiger partial charge in [0.15, 0.2) is 0 Å². The van der Waals surface area contributed by atoms with Crippen molar-refractivity contribution in [1.29, 1.82) is 0 Å². The van der Waals surface area contributed by atoms with Gasteiger partial charge in [-0.05, 0) is 44.0 Å². The summed E-state index contributed by atoms with van der Waals surface area (Å²) < 4.78 is 26.5. The molecule has 116 valence electrons. The first kappa shape index (κ1) is 16.5. The summed E-state index contributed by atoms with van der Waals surface area (Å²) in [6, 6.07) is 9.10. The van der Waals surface area contributed by atoms with Crippen LogP contribution >= 0.6 is 11.8 Å². The van der Waals surface area contributed by atoms with Crippen LogP contribution in [0.3, 0.4) is 0 Å². The topological polar surface area (TPSA) is 29.1 Å². The lowest BCUT2D eigenvalue weighted by Gasteiger charge is -2.15. The molecular formula is C17H17F2NOS. The Bertz CT molecular complexity index is 683. The zero-order chi connectivity index (χ0) is 16.3. The van der Waals surface area contributed by atoms with Gasteiger partial charge in [0.2, 0.25) is 5.91 Å². The zero-order valence-corrected chi connectivity index (χ0v) is 13.4. The molecule has 0 heterocycles. The molecule has 0 aliphatic rings. The van der Waals surface area contributed by atoms with Gasteiger partial charge in [-0.15, -0.1) is 11.8 Å². The highest BCUT2D eigenvalue weighted by Gasteiger charge is 2.18. The monoisotopic (exact) mass is 321 g/mol. The number of carbonyl (C=O) groups is 1. The van der Waals surface area contributed by atoms with Gasteiger partial charge in [-0.25, -0.2) is 8.78 Å². The van der Waals surface area contributed by atoms with Crippen LogP contribution in [0.15, 0.2) is 41.3 Å². The second-order valence-electron chi connectivity index (χ2n) is 5.09. The van der Waals surface area contributed by atoms with Crippen molar-refractivity contribution in [2.24, 2.45) is 0 Å². The van der Waals surface area contributed by atoms with E-state index in [4.69, 9.17) is 0 Å². The molecule has 0 aliphatic heterocycles. The summed E-state index contributed by atoms with van der Waals surface area (Å²) in [7, 11) is 0. The Kier molecular flexibility index (Phi) is 5.19. The lowest BCUT2D eigenvalue weighted by Crippen LogP contribution is -2.23. The van der Waals surface area contributed by atoms with E-state index in [1.54, 1.807) is 6.92 Å². The summed E-state index contributed by atoms with van der Waals surface area (Å²) in [5, 5.41) is 2.37. The van der Waals surface area contributed by atoms with Gasteiger partial charge in [0.1, 0.15) is 11.6 Å². The van der Waals surface area contributed by atoms with E-state index in [1.807, 2.05) is 32.0 Å². The first-order chi connectivity index (χ1) is 10.4. The number of halogens is 2. The van der Waals surface area contributed by atoms with Gasteiger partial charge in [0, 0.05) is 16.6 Å². The molecular weight excluding hydrogens is 304 g/mol. The van der Waals surface area contributed by atoms with Crippen LogP contribution in [0, 0.1) is 25.5 Å². The van der Waals surface area contributed by atoms with Crippen LogP contribution in [0.1, 0.15) is 18.1 Å². The molecule has 2 nitrogen and oxygen atoms in total. The van der Waals surface area contributed by atoms with Crippen LogP contribution in [0.25, 0.3) is 0 Å². The summed E-state index contributed by atoms with van der Waals surface area (Å²) >= 11 is 1.06. The van der Waals surface area contributed by atoms with Crippen molar-refractivity contribution in [3.63, 3.8) is 0 Å². The van der Waals surface area contributed by atoms with E-state index < -0.39 is 16.9 Å². The molecule has 0 saturated heterocycles. The lowest BCUT2D eigenvalue weighted by molar-refractivity contribution is -0.115.